The third kappa shape index (κ3) is 2.89. The standard InChI is InChI=1S/C16H24N2O2/c1-3-12-8-5-4-6-11-18(12)16(19)13-9-7-10-14(17)15(13)20-2/h7,9-10,12H,3-6,8,11,17H2,1-2H3. The number of anilines is 1. The molecule has 0 radical (unpaired) electrons. The van der Waals surface area contributed by atoms with Crippen molar-refractivity contribution in [3.8, 4) is 5.75 Å². The van der Waals surface area contributed by atoms with E-state index in [1.54, 1.807) is 19.2 Å². The van der Waals surface area contributed by atoms with Crippen molar-refractivity contribution in [1.29, 1.82) is 0 Å². The van der Waals surface area contributed by atoms with Crippen LogP contribution >= 0.6 is 0 Å². The van der Waals surface area contributed by atoms with Gasteiger partial charge in [-0.2, -0.15) is 0 Å². The Morgan fingerprint density at radius 1 is 1.40 bits per heavy atom. The van der Waals surface area contributed by atoms with Gasteiger partial charge in [0.05, 0.1) is 18.4 Å². The average molecular weight is 276 g/mol. The van der Waals surface area contributed by atoms with Gasteiger partial charge in [-0.3, -0.25) is 4.79 Å². The molecular formula is C16H24N2O2. The maximum Gasteiger partial charge on any atom is 0.257 e. The van der Waals surface area contributed by atoms with E-state index in [4.69, 9.17) is 10.5 Å². The third-order valence-electron chi connectivity index (χ3n) is 4.09. The zero-order valence-corrected chi connectivity index (χ0v) is 12.4. The highest BCUT2D eigenvalue weighted by atomic mass is 16.5. The van der Waals surface area contributed by atoms with Gasteiger partial charge in [0.1, 0.15) is 0 Å². The molecule has 1 unspecified atom stereocenters. The molecule has 1 aliphatic rings. The van der Waals surface area contributed by atoms with Gasteiger partial charge >= 0.3 is 0 Å². The molecule has 1 aliphatic heterocycles. The fraction of sp³-hybridized carbons (Fsp3) is 0.562. The van der Waals surface area contributed by atoms with Gasteiger partial charge in [0.2, 0.25) is 0 Å². The number of benzene rings is 1. The second-order valence-electron chi connectivity index (χ2n) is 5.34. The van der Waals surface area contributed by atoms with Crippen LogP contribution in [0, 0.1) is 0 Å². The van der Waals surface area contributed by atoms with Crippen LogP contribution in [0.15, 0.2) is 18.2 Å². The lowest BCUT2D eigenvalue weighted by molar-refractivity contribution is 0.0675. The molecular weight excluding hydrogens is 252 g/mol. The normalized spacial score (nSPS) is 19.5. The average Bonchev–Trinajstić information content (AvgIpc) is 2.71. The first-order chi connectivity index (χ1) is 9.69. The third-order valence-corrected chi connectivity index (χ3v) is 4.09. The first kappa shape index (κ1) is 14.7. The lowest BCUT2D eigenvalue weighted by Gasteiger charge is -2.30. The van der Waals surface area contributed by atoms with Crippen molar-refractivity contribution in [1.82, 2.24) is 4.90 Å². The van der Waals surface area contributed by atoms with E-state index in [2.05, 4.69) is 6.92 Å². The van der Waals surface area contributed by atoms with Gasteiger partial charge in [-0.15, -0.1) is 0 Å². The van der Waals surface area contributed by atoms with Crippen molar-refractivity contribution in [3.63, 3.8) is 0 Å². The van der Waals surface area contributed by atoms with Crippen LogP contribution in [0.25, 0.3) is 0 Å². The quantitative estimate of drug-likeness (QED) is 0.863. The molecule has 2 N–H and O–H groups in total. The number of carbonyl (C=O) groups excluding carboxylic acids is 1. The number of nitrogens with zero attached hydrogens (tertiary/aromatic N) is 1. The number of hydrogen-bond donors (Lipinski definition) is 1. The van der Waals surface area contributed by atoms with Gasteiger partial charge < -0.3 is 15.4 Å². The molecule has 0 spiro atoms. The lowest BCUT2D eigenvalue weighted by atomic mass is 10.1. The monoisotopic (exact) mass is 276 g/mol. The summed E-state index contributed by atoms with van der Waals surface area (Å²) in [4.78, 5) is 14.8. The van der Waals surface area contributed by atoms with Gasteiger partial charge in [0.25, 0.3) is 5.91 Å². The summed E-state index contributed by atoms with van der Waals surface area (Å²) < 4.78 is 5.32. The highest BCUT2D eigenvalue weighted by Gasteiger charge is 2.27. The molecule has 0 bridgehead atoms. The second kappa shape index (κ2) is 6.64. The molecule has 1 atom stereocenters. The van der Waals surface area contributed by atoms with Crippen LogP contribution < -0.4 is 10.5 Å². The van der Waals surface area contributed by atoms with Gasteiger partial charge in [0, 0.05) is 12.6 Å². The first-order valence-corrected chi connectivity index (χ1v) is 7.42. The van der Waals surface area contributed by atoms with Crippen molar-refractivity contribution >= 4 is 11.6 Å². The highest BCUT2D eigenvalue weighted by Crippen LogP contribution is 2.29. The number of carbonyl (C=O) groups is 1. The van der Waals surface area contributed by atoms with Crippen LogP contribution in [-0.4, -0.2) is 30.5 Å². The molecule has 1 aromatic rings. The zero-order valence-electron chi connectivity index (χ0n) is 12.4. The Morgan fingerprint density at radius 3 is 2.90 bits per heavy atom. The van der Waals surface area contributed by atoms with Crippen molar-refractivity contribution < 1.29 is 9.53 Å². The predicted molar refractivity (Wildman–Crippen MR) is 81.0 cm³/mol. The molecule has 1 fully saturated rings. The van der Waals surface area contributed by atoms with E-state index in [0.717, 1.165) is 25.8 Å². The van der Waals surface area contributed by atoms with E-state index >= 15 is 0 Å². The number of amides is 1. The maximum atomic E-state index is 12.8. The minimum atomic E-state index is 0.0444. The Kier molecular flexibility index (Phi) is 4.88. The number of methoxy groups -OCH3 is 1. The topological polar surface area (TPSA) is 55.6 Å². The summed E-state index contributed by atoms with van der Waals surface area (Å²) in [5.74, 6) is 0.541. The SMILES string of the molecule is CCC1CCCCCN1C(=O)c1cccc(N)c1OC. The predicted octanol–water partition coefficient (Wildman–Crippen LogP) is 3.07. The van der Waals surface area contributed by atoms with E-state index in [0.29, 0.717) is 23.0 Å². The van der Waals surface area contributed by atoms with Crippen LogP contribution in [0.3, 0.4) is 0 Å². The van der Waals surface area contributed by atoms with E-state index < -0.39 is 0 Å². The first-order valence-electron chi connectivity index (χ1n) is 7.42. The highest BCUT2D eigenvalue weighted by molar-refractivity contribution is 5.98. The summed E-state index contributed by atoms with van der Waals surface area (Å²) in [6.45, 7) is 2.97. The fourth-order valence-corrected chi connectivity index (χ4v) is 2.97. The maximum absolute atomic E-state index is 12.8. The van der Waals surface area contributed by atoms with Crippen LogP contribution in [0.1, 0.15) is 49.4 Å². The van der Waals surface area contributed by atoms with Gasteiger partial charge in [-0.25, -0.2) is 0 Å². The Labute approximate surface area is 120 Å². The fourth-order valence-electron chi connectivity index (χ4n) is 2.97. The largest absolute Gasteiger partial charge is 0.494 e. The number of rotatable bonds is 3. The van der Waals surface area contributed by atoms with Crippen LogP contribution in [0.4, 0.5) is 5.69 Å². The van der Waals surface area contributed by atoms with Crippen molar-refractivity contribution in [2.24, 2.45) is 0 Å². The number of likely N-dealkylation sites (tertiary alicyclic amines) is 1. The minimum Gasteiger partial charge on any atom is -0.494 e. The number of nitrogens with two attached hydrogens (primary N) is 1. The smallest absolute Gasteiger partial charge is 0.257 e. The number of nitrogen functional groups attached to an aromatic ring is 1. The van der Waals surface area contributed by atoms with E-state index in [-0.39, 0.29) is 5.91 Å². The van der Waals surface area contributed by atoms with Crippen LogP contribution in [0.2, 0.25) is 0 Å². The van der Waals surface area contributed by atoms with E-state index in [9.17, 15) is 4.79 Å². The summed E-state index contributed by atoms with van der Waals surface area (Å²) in [6.07, 6.45) is 5.57. The summed E-state index contributed by atoms with van der Waals surface area (Å²) in [7, 11) is 1.56. The molecule has 1 aromatic carbocycles. The summed E-state index contributed by atoms with van der Waals surface area (Å²) >= 11 is 0. The minimum absolute atomic E-state index is 0.0444. The summed E-state index contributed by atoms with van der Waals surface area (Å²) in [6, 6.07) is 5.70. The molecule has 4 heteroatoms. The molecule has 1 saturated heterocycles. The van der Waals surface area contributed by atoms with E-state index in [1.165, 1.54) is 12.8 Å². The van der Waals surface area contributed by atoms with Gasteiger partial charge in [-0.1, -0.05) is 25.8 Å². The number of hydrogen-bond acceptors (Lipinski definition) is 3. The summed E-state index contributed by atoms with van der Waals surface area (Å²) in [5, 5.41) is 0. The van der Waals surface area contributed by atoms with Crippen molar-refractivity contribution in [3.05, 3.63) is 23.8 Å². The van der Waals surface area contributed by atoms with Crippen LogP contribution in [0.5, 0.6) is 5.75 Å². The summed E-state index contributed by atoms with van der Waals surface area (Å²) in [5.41, 5.74) is 6.99. The second-order valence-corrected chi connectivity index (χ2v) is 5.34. The molecule has 110 valence electrons. The molecule has 1 amide bonds. The Morgan fingerprint density at radius 2 is 2.20 bits per heavy atom. The molecule has 4 nitrogen and oxygen atoms in total. The molecule has 1 heterocycles. The molecule has 20 heavy (non-hydrogen) atoms. The van der Waals surface area contributed by atoms with Crippen molar-refractivity contribution in [2.45, 2.75) is 45.1 Å². The van der Waals surface area contributed by atoms with Crippen LogP contribution in [-0.2, 0) is 0 Å². The van der Waals surface area contributed by atoms with Crippen molar-refractivity contribution in [2.75, 3.05) is 19.4 Å². The van der Waals surface area contributed by atoms with E-state index in [1.807, 2.05) is 11.0 Å². The molecule has 0 saturated carbocycles. The lowest BCUT2D eigenvalue weighted by Crippen LogP contribution is -2.39. The number of ether oxygens (including phenoxy) is 1. The van der Waals surface area contributed by atoms with Gasteiger partial charge in [-0.05, 0) is 31.4 Å². The molecule has 0 aromatic heterocycles. The Balaban J connectivity index is 2.31. The zero-order chi connectivity index (χ0) is 14.5. The number of para-hydroxylation sites is 1. The Hall–Kier alpha value is -1.71. The molecule has 2 rings (SSSR count). The molecule has 0 aliphatic carbocycles. The Bertz CT molecular complexity index is 474. The van der Waals surface area contributed by atoms with Gasteiger partial charge in [0.15, 0.2) is 5.75 Å².